The Morgan fingerprint density at radius 2 is 1.22 bits per heavy atom. The molecular formula is C26H20O5S. The van der Waals surface area contributed by atoms with E-state index in [1.54, 1.807) is 78.9 Å². The van der Waals surface area contributed by atoms with Crippen molar-refractivity contribution < 1.29 is 23.1 Å². The van der Waals surface area contributed by atoms with Gasteiger partial charge in [-0.15, -0.1) is 0 Å². The summed E-state index contributed by atoms with van der Waals surface area (Å²) in [6.07, 6.45) is 0. The minimum Gasteiger partial charge on any atom is -0.507 e. The number of benzene rings is 4. The van der Waals surface area contributed by atoms with E-state index in [9.17, 15) is 18.3 Å². The lowest BCUT2D eigenvalue weighted by atomic mass is 10.0. The number of hydrogen-bond donors (Lipinski definition) is 1. The molecule has 160 valence electrons. The first-order chi connectivity index (χ1) is 15.3. The van der Waals surface area contributed by atoms with Crippen molar-refractivity contribution in [3.8, 4) is 17.2 Å². The zero-order chi connectivity index (χ0) is 22.7. The number of phenols is 1. The van der Waals surface area contributed by atoms with Crippen molar-refractivity contribution in [2.45, 2.75) is 16.7 Å². The zero-order valence-corrected chi connectivity index (χ0v) is 18.0. The maximum atomic E-state index is 12.8. The quantitative estimate of drug-likeness (QED) is 0.394. The fourth-order valence-electron chi connectivity index (χ4n) is 3.17. The Balaban J connectivity index is 1.49. The van der Waals surface area contributed by atoms with Gasteiger partial charge < -0.3 is 9.84 Å². The molecule has 0 amide bonds. The second-order valence-electron chi connectivity index (χ2n) is 7.26. The Morgan fingerprint density at radius 3 is 1.78 bits per heavy atom. The van der Waals surface area contributed by atoms with Crippen molar-refractivity contribution >= 4 is 15.6 Å². The number of aromatic hydroxyl groups is 1. The molecule has 4 rings (SSSR count). The van der Waals surface area contributed by atoms with Crippen LogP contribution < -0.4 is 4.74 Å². The van der Waals surface area contributed by atoms with Crippen molar-refractivity contribution in [1.82, 2.24) is 0 Å². The van der Waals surface area contributed by atoms with Crippen LogP contribution in [0.15, 0.2) is 107 Å². The summed E-state index contributed by atoms with van der Waals surface area (Å²) in [6.45, 7) is 1.90. The molecule has 0 aliphatic heterocycles. The van der Waals surface area contributed by atoms with E-state index in [2.05, 4.69) is 0 Å². The molecule has 0 unspecified atom stereocenters. The van der Waals surface area contributed by atoms with Crippen LogP contribution in [0, 0.1) is 6.92 Å². The fraction of sp³-hybridized carbons (Fsp3) is 0.0385. The number of aryl methyl sites for hydroxylation is 1. The number of sulfone groups is 1. The Morgan fingerprint density at radius 1 is 0.719 bits per heavy atom. The van der Waals surface area contributed by atoms with Crippen molar-refractivity contribution in [2.75, 3.05) is 0 Å². The maximum Gasteiger partial charge on any atom is 0.206 e. The number of ether oxygens (including phenoxy) is 1. The van der Waals surface area contributed by atoms with Crippen LogP contribution >= 0.6 is 0 Å². The Labute approximate surface area is 186 Å². The molecule has 0 aliphatic carbocycles. The molecule has 1 N–H and O–H groups in total. The fourth-order valence-corrected chi connectivity index (χ4v) is 4.43. The Bertz CT molecular complexity index is 1360. The lowest BCUT2D eigenvalue weighted by Gasteiger charge is -2.09. The summed E-state index contributed by atoms with van der Waals surface area (Å²) in [4.78, 5) is 13.0. The van der Waals surface area contributed by atoms with Gasteiger partial charge in [-0.1, -0.05) is 29.8 Å². The lowest BCUT2D eigenvalue weighted by Crippen LogP contribution is -2.02. The van der Waals surface area contributed by atoms with Crippen molar-refractivity contribution in [1.29, 1.82) is 0 Å². The van der Waals surface area contributed by atoms with Crippen molar-refractivity contribution in [2.24, 2.45) is 0 Å². The molecule has 32 heavy (non-hydrogen) atoms. The SMILES string of the molecule is Cc1ccc(S(=O)(=O)c2ccc(Oc3ccc(C(=O)c4ccccc4O)cc3)cc2)cc1. The van der Waals surface area contributed by atoms with Gasteiger partial charge in [0.05, 0.1) is 15.4 Å². The number of phenolic OH excluding ortho intramolecular Hbond substituents is 1. The number of hydrogen-bond acceptors (Lipinski definition) is 5. The highest BCUT2D eigenvalue weighted by Crippen LogP contribution is 2.27. The summed E-state index contributed by atoms with van der Waals surface area (Å²) >= 11 is 0. The van der Waals surface area contributed by atoms with E-state index in [0.717, 1.165) is 5.56 Å². The van der Waals surface area contributed by atoms with Crippen molar-refractivity contribution in [3.63, 3.8) is 0 Å². The van der Waals surface area contributed by atoms with Gasteiger partial charge in [-0.05, 0) is 79.7 Å². The standard InChI is InChI=1S/C26H20O5S/c1-18-6-14-22(15-7-18)32(29,30)23-16-12-21(13-17-23)31-20-10-8-19(9-11-20)26(28)24-4-2-3-5-25(24)27/h2-17,27H,1H3. The molecule has 6 heteroatoms. The van der Waals surface area contributed by atoms with E-state index < -0.39 is 9.84 Å². The van der Waals surface area contributed by atoms with E-state index in [1.165, 1.54) is 18.2 Å². The first-order valence-corrected chi connectivity index (χ1v) is 11.4. The highest BCUT2D eigenvalue weighted by atomic mass is 32.2. The van der Waals surface area contributed by atoms with Gasteiger partial charge in [0.15, 0.2) is 5.78 Å². The van der Waals surface area contributed by atoms with Gasteiger partial charge in [-0.2, -0.15) is 0 Å². The average Bonchev–Trinajstić information content (AvgIpc) is 2.80. The molecule has 0 radical (unpaired) electrons. The first-order valence-electron chi connectivity index (χ1n) is 9.87. The molecule has 0 spiro atoms. The number of ketones is 1. The van der Waals surface area contributed by atoms with Gasteiger partial charge in [0, 0.05) is 5.56 Å². The molecule has 0 fully saturated rings. The van der Waals surface area contributed by atoms with Gasteiger partial charge >= 0.3 is 0 Å². The smallest absolute Gasteiger partial charge is 0.206 e. The first kappa shape index (κ1) is 21.3. The Kier molecular flexibility index (Phi) is 5.79. The summed E-state index contributed by atoms with van der Waals surface area (Å²) in [5.41, 5.74) is 1.63. The van der Waals surface area contributed by atoms with Crippen LogP contribution in [0.25, 0.3) is 0 Å². The molecule has 0 aromatic heterocycles. The number of para-hydroxylation sites is 1. The van der Waals surface area contributed by atoms with Gasteiger partial charge in [-0.3, -0.25) is 4.79 Å². The molecule has 5 nitrogen and oxygen atoms in total. The highest BCUT2D eigenvalue weighted by molar-refractivity contribution is 7.91. The minimum absolute atomic E-state index is 0.0708. The predicted octanol–water partition coefficient (Wildman–Crippen LogP) is 5.56. The number of carbonyl (C=O) groups is 1. The molecule has 4 aromatic rings. The second-order valence-corrected chi connectivity index (χ2v) is 9.21. The number of rotatable bonds is 6. The molecule has 0 heterocycles. The normalized spacial score (nSPS) is 11.2. The molecule has 4 aromatic carbocycles. The maximum absolute atomic E-state index is 12.8. The van der Waals surface area contributed by atoms with Crippen LogP contribution in [0.4, 0.5) is 0 Å². The molecule has 0 atom stereocenters. The average molecular weight is 445 g/mol. The molecule has 0 saturated heterocycles. The van der Waals surface area contributed by atoms with Crippen LogP contribution in [0.5, 0.6) is 17.2 Å². The second kappa shape index (κ2) is 8.69. The third-order valence-corrected chi connectivity index (χ3v) is 6.75. The summed E-state index contributed by atoms with van der Waals surface area (Å²) in [7, 11) is -3.60. The molecular weight excluding hydrogens is 424 g/mol. The predicted molar refractivity (Wildman–Crippen MR) is 121 cm³/mol. The minimum atomic E-state index is -3.60. The van der Waals surface area contributed by atoms with Gasteiger partial charge in [0.2, 0.25) is 9.84 Å². The third kappa shape index (κ3) is 4.40. The molecule has 0 bridgehead atoms. The number of carbonyl (C=O) groups excluding carboxylic acids is 1. The van der Waals surface area contributed by atoms with Crippen LogP contribution in [0.2, 0.25) is 0 Å². The van der Waals surface area contributed by atoms with Gasteiger partial charge in [0.25, 0.3) is 0 Å². The van der Waals surface area contributed by atoms with Crippen LogP contribution in [-0.2, 0) is 9.84 Å². The molecule has 0 aliphatic rings. The van der Waals surface area contributed by atoms with Crippen LogP contribution in [0.1, 0.15) is 21.5 Å². The lowest BCUT2D eigenvalue weighted by molar-refractivity contribution is 0.103. The van der Waals surface area contributed by atoms with Gasteiger partial charge in [-0.25, -0.2) is 8.42 Å². The summed E-state index contributed by atoms with van der Waals surface area (Å²) in [5, 5.41) is 9.87. The monoisotopic (exact) mass is 444 g/mol. The summed E-state index contributed by atoms with van der Waals surface area (Å²) < 4.78 is 31.3. The topological polar surface area (TPSA) is 80.7 Å². The van der Waals surface area contributed by atoms with Gasteiger partial charge in [0.1, 0.15) is 17.2 Å². The largest absolute Gasteiger partial charge is 0.507 e. The Hall–Kier alpha value is -3.90. The molecule has 0 saturated carbocycles. The van der Waals surface area contributed by atoms with Crippen LogP contribution in [-0.4, -0.2) is 19.3 Å². The third-order valence-electron chi connectivity index (χ3n) is 4.97. The zero-order valence-electron chi connectivity index (χ0n) is 17.2. The van der Waals surface area contributed by atoms with E-state index in [1.807, 2.05) is 6.92 Å². The summed E-state index contributed by atoms with van der Waals surface area (Å²) in [6, 6.07) is 25.8. The van der Waals surface area contributed by atoms with E-state index in [-0.39, 0.29) is 26.9 Å². The van der Waals surface area contributed by atoms with E-state index >= 15 is 0 Å². The van der Waals surface area contributed by atoms with Crippen molar-refractivity contribution in [3.05, 3.63) is 114 Å². The van der Waals surface area contributed by atoms with E-state index in [0.29, 0.717) is 17.1 Å². The van der Waals surface area contributed by atoms with Crippen LogP contribution in [0.3, 0.4) is 0 Å². The summed E-state index contributed by atoms with van der Waals surface area (Å²) in [5.74, 6) is 0.597. The van der Waals surface area contributed by atoms with E-state index in [4.69, 9.17) is 4.74 Å². The highest BCUT2D eigenvalue weighted by Gasteiger charge is 2.17.